The number of hydrogen-bond acceptors (Lipinski definition) is 4. The molecule has 35 heavy (non-hydrogen) atoms. The number of fused-ring (bicyclic) bond motifs is 1. The molecular weight excluding hydrogens is 460 g/mol. The molecule has 180 valence electrons. The molecule has 0 aromatic heterocycles. The fourth-order valence-corrected chi connectivity index (χ4v) is 4.87. The molecule has 6 nitrogen and oxygen atoms in total. The molecule has 0 aliphatic rings. The van der Waals surface area contributed by atoms with Crippen molar-refractivity contribution in [3.05, 3.63) is 96.6 Å². The summed E-state index contributed by atoms with van der Waals surface area (Å²) in [6, 6.07) is 26.7. The zero-order chi connectivity index (χ0) is 25.0. The van der Waals surface area contributed by atoms with Crippen molar-refractivity contribution in [2.45, 2.75) is 37.7 Å². The molecular formula is C28H28N2O4S. The van der Waals surface area contributed by atoms with Gasteiger partial charge in [0.15, 0.2) is 6.10 Å². The van der Waals surface area contributed by atoms with Crippen LogP contribution in [0.25, 0.3) is 10.8 Å². The van der Waals surface area contributed by atoms with E-state index >= 15 is 0 Å². The molecule has 0 unspecified atom stereocenters. The van der Waals surface area contributed by atoms with Gasteiger partial charge in [0.1, 0.15) is 5.75 Å². The van der Waals surface area contributed by atoms with Crippen molar-refractivity contribution in [3.8, 4) is 5.75 Å². The van der Waals surface area contributed by atoms with Gasteiger partial charge < -0.3 is 10.1 Å². The van der Waals surface area contributed by atoms with Gasteiger partial charge in [-0.05, 0) is 60.2 Å². The topological polar surface area (TPSA) is 84.5 Å². The number of benzene rings is 4. The molecule has 2 N–H and O–H groups in total. The van der Waals surface area contributed by atoms with Crippen molar-refractivity contribution in [1.29, 1.82) is 0 Å². The van der Waals surface area contributed by atoms with Crippen LogP contribution in [0.5, 0.6) is 5.75 Å². The normalized spacial score (nSPS) is 12.3. The molecule has 1 atom stereocenters. The van der Waals surface area contributed by atoms with Crippen LogP contribution in [0.1, 0.15) is 32.3 Å². The molecule has 0 heterocycles. The molecule has 0 saturated heterocycles. The minimum absolute atomic E-state index is 0.0959. The Labute approximate surface area is 206 Å². The third-order valence-corrected chi connectivity index (χ3v) is 7.06. The summed E-state index contributed by atoms with van der Waals surface area (Å²) < 4.78 is 34.5. The standard InChI is InChI=1S/C28H28N2O4S/c1-19(2)24-11-6-7-14-27(24)34-20(3)28(31)29-22-15-17-23(18-16-22)35(32,33)30-26-13-8-10-21-9-4-5-12-25(21)26/h4-20,30H,1-3H3,(H,29,31)/t20-/m0/s1. The molecule has 1 amide bonds. The second-order valence-corrected chi connectivity index (χ2v) is 10.3. The van der Waals surface area contributed by atoms with Crippen molar-refractivity contribution in [1.82, 2.24) is 0 Å². The van der Waals surface area contributed by atoms with Crippen LogP contribution in [-0.2, 0) is 14.8 Å². The molecule has 4 rings (SSSR count). The van der Waals surface area contributed by atoms with E-state index in [4.69, 9.17) is 4.74 Å². The average molecular weight is 489 g/mol. The highest BCUT2D eigenvalue weighted by Gasteiger charge is 2.19. The maximum absolute atomic E-state index is 13.0. The molecule has 4 aromatic carbocycles. The molecule has 0 bridgehead atoms. The first-order chi connectivity index (χ1) is 16.7. The minimum atomic E-state index is -3.81. The SMILES string of the molecule is CC(C)c1ccccc1O[C@@H](C)C(=O)Nc1ccc(S(=O)(=O)Nc2cccc3ccccc23)cc1. The number of sulfonamides is 1. The number of hydrogen-bond donors (Lipinski definition) is 2. The summed E-state index contributed by atoms with van der Waals surface area (Å²) in [6.07, 6.45) is -0.730. The molecule has 0 aliphatic heterocycles. The highest BCUT2D eigenvalue weighted by Crippen LogP contribution is 2.28. The Morgan fingerprint density at radius 2 is 1.46 bits per heavy atom. The summed E-state index contributed by atoms with van der Waals surface area (Å²) in [5, 5.41) is 4.54. The monoisotopic (exact) mass is 488 g/mol. The summed E-state index contributed by atoms with van der Waals surface area (Å²) >= 11 is 0. The van der Waals surface area contributed by atoms with E-state index in [-0.39, 0.29) is 16.7 Å². The van der Waals surface area contributed by atoms with Gasteiger partial charge in [-0.15, -0.1) is 0 Å². The number of anilines is 2. The Morgan fingerprint density at radius 1 is 0.800 bits per heavy atom. The third-order valence-electron chi connectivity index (χ3n) is 5.68. The van der Waals surface area contributed by atoms with Gasteiger partial charge in [0.2, 0.25) is 0 Å². The summed E-state index contributed by atoms with van der Waals surface area (Å²) in [5.41, 5.74) is 2.01. The second-order valence-electron chi connectivity index (χ2n) is 8.60. The zero-order valence-electron chi connectivity index (χ0n) is 19.9. The van der Waals surface area contributed by atoms with Gasteiger partial charge in [-0.2, -0.15) is 0 Å². The van der Waals surface area contributed by atoms with Crippen LogP contribution in [0, 0.1) is 0 Å². The van der Waals surface area contributed by atoms with E-state index in [1.54, 1.807) is 25.1 Å². The van der Waals surface area contributed by atoms with Gasteiger partial charge in [0.25, 0.3) is 15.9 Å². The number of amides is 1. The van der Waals surface area contributed by atoms with Gasteiger partial charge >= 0.3 is 0 Å². The van der Waals surface area contributed by atoms with Gasteiger partial charge in [0.05, 0.1) is 10.6 Å². The molecule has 0 spiro atoms. The predicted molar refractivity (Wildman–Crippen MR) is 140 cm³/mol. The van der Waals surface area contributed by atoms with Crippen LogP contribution in [0.15, 0.2) is 95.9 Å². The lowest BCUT2D eigenvalue weighted by molar-refractivity contribution is -0.122. The zero-order valence-corrected chi connectivity index (χ0v) is 20.7. The van der Waals surface area contributed by atoms with Gasteiger partial charge in [-0.25, -0.2) is 8.42 Å². The number of rotatable bonds is 8. The second kappa shape index (κ2) is 10.2. The minimum Gasteiger partial charge on any atom is -0.481 e. The smallest absolute Gasteiger partial charge is 0.265 e. The highest BCUT2D eigenvalue weighted by atomic mass is 32.2. The first-order valence-corrected chi connectivity index (χ1v) is 12.9. The predicted octanol–water partition coefficient (Wildman–Crippen LogP) is 6.17. The van der Waals surface area contributed by atoms with E-state index in [1.807, 2.05) is 60.7 Å². The van der Waals surface area contributed by atoms with Gasteiger partial charge in [-0.3, -0.25) is 9.52 Å². The molecule has 7 heteroatoms. The Morgan fingerprint density at radius 3 is 2.20 bits per heavy atom. The number of carbonyl (C=O) groups excluding carboxylic acids is 1. The molecule has 0 radical (unpaired) electrons. The van der Waals surface area contributed by atoms with Gasteiger partial charge in [-0.1, -0.05) is 68.4 Å². The fourth-order valence-electron chi connectivity index (χ4n) is 3.79. The summed E-state index contributed by atoms with van der Waals surface area (Å²) in [4.78, 5) is 12.8. The van der Waals surface area contributed by atoms with Crippen molar-refractivity contribution in [2.75, 3.05) is 10.0 Å². The van der Waals surface area contributed by atoms with E-state index in [0.29, 0.717) is 17.1 Å². The van der Waals surface area contributed by atoms with Crippen molar-refractivity contribution in [3.63, 3.8) is 0 Å². The van der Waals surface area contributed by atoms with E-state index in [1.165, 1.54) is 12.1 Å². The quantitative estimate of drug-likeness (QED) is 0.311. The molecule has 0 aliphatic carbocycles. The van der Waals surface area contributed by atoms with Crippen molar-refractivity contribution >= 4 is 38.1 Å². The van der Waals surface area contributed by atoms with Crippen molar-refractivity contribution in [2.24, 2.45) is 0 Å². The van der Waals surface area contributed by atoms with Crippen LogP contribution in [-0.4, -0.2) is 20.4 Å². The molecule has 0 fully saturated rings. The Hall–Kier alpha value is -3.84. The van der Waals surface area contributed by atoms with Crippen molar-refractivity contribution < 1.29 is 17.9 Å². The molecule has 0 saturated carbocycles. The van der Waals surface area contributed by atoms with E-state index in [9.17, 15) is 13.2 Å². The number of ether oxygens (including phenoxy) is 1. The van der Waals surface area contributed by atoms with E-state index < -0.39 is 16.1 Å². The van der Waals surface area contributed by atoms with E-state index in [2.05, 4.69) is 23.9 Å². The Bertz CT molecular complexity index is 1440. The first kappa shape index (κ1) is 24.3. The first-order valence-electron chi connectivity index (χ1n) is 11.4. The van der Waals surface area contributed by atoms with Crippen LogP contribution in [0.4, 0.5) is 11.4 Å². The van der Waals surface area contributed by atoms with Gasteiger partial charge in [0, 0.05) is 11.1 Å². The summed E-state index contributed by atoms with van der Waals surface area (Å²) in [5.74, 6) is 0.609. The Kier molecular flexibility index (Phi) is 7.07. The van der Waals surface area contributed by atoms with Crippen LogP contribution >= 0.6 is 0 Å². The number of para-hydroxylation sites is 1. The maximum Gasteiger partial charge on any atom is 0.265 e. The van der Waals surface area contributed by atoms with Crippen LogP contribution in [0.3, 0.4) is 0 Å². The lowest BCUT2D eigenvalue weighted by Crippen LogP contribution is -2.30. The molecule has 4 aromatic rings. The highest BCUT2D eigenvalue weighted by molar-refractivity contribution is 7.92. The maximum atomic E-state index is 13.0. The lowest BCUT2D eigenvalue weighted by atomic mass is 10.0. The number of carbonyl (C=O) groups is 1. The average Bonchev–Trinajstić information content (AvgIpc) is 2.84. The van der Waals surface area contributed by atoms with E-state index in [0.717, 1.165) is 16.3 Å². The summed E-state index contributed by atoms with van der Waals surface area (Å²) in [6.45, 7) is 5.81. The third kappa shape index (κ3) is 5.63. The number of nitrogens with one attached hydrogen (secondary N) is 2. The summed E-state index contributed by atoms with van der Waals surface area (Å²) in [7, 11) is -3.81. The van der Waals surface area contributed by atoms with Crippen LogP contribution < -0.4 is 14.8 Å². The van der Waals surface area contributed by atoms with Crippen LogP contribution in [0.2, 0.25) is 0 Å². The Balaban J connectivity index is 1.44. The lowest BCUT2D eigenvalue weighted by Gasteiger charge is -2.18. The fraction of sp³-hybridized carbons (Fsp3) is 0.179. The largest absolute Gasteiger partial charge is 0.481 e.